The normalized spacial score (nSPS) is 11.7. The summed E-state index contributed by atoms with van der Waals surface area (Å²) in [6.45, 7) is 3.37. The Labute approximate surface area is 119 Å². The van der Waals surface area contributed by atoms with E-state index >= 15 is 0 Å². The molecule has 0 spiro atoms. The molecule has 0 saturated heterocycles. The van der Waals surface area contributed by atoms with Gasteiger partial charge >= 0.3 is 0 Å². The molecule has 108 valence electrons. The molecule has 0 radical (unpaired) electrons. The lowest BCUT2D eigenvalue weighted by molar-refractivity contribution is -0.134. The minimum Gasteiger partial charge on any atom is -0.383 e. The maximum Gasteiger partial charge on any atom is 0.242 e. The van der Waals surface area contributed by atoms with Crippen molar-refractivity contribution < 1.29 is 9.53 Å². The van der Waals surface area contributed by atoms with Gasteiger partial charge in [0.05, 0.1) is 18.2 Å². The first-order valence-corrected chi connectivity index (χ1v) is 6.64. The Balaban J connectivity index is 2.75. The Hall–Kier alpha value is -1.90. The molecule has 1 rings (SSSR count). The van der Waals surface area contributed by atoms with Crippen LogP contribution in [0.1, 0.15) is 24.5 Å². The van der Waals surface area contributed by atoms with Crippen LogP contribution < -0.4 is 5.73 Å². The number of hydrogen-bond acceptors (Lipinski definition) is 4. The third kappa shape index (κ3) is 4.65. The fourth-order valence-electron chi connectivity index (χ4n) is 1.93. The molecule has 0 heterocycles. The predicted molar refractivity (Wildman–Crippen MR) is 76.7 cm³/mol. The van der Waals surface area contributed by atoms with Gasteiger partial charge in [0.25, 0.3) is 0 Å². The summed E-state index contributed by atoms with van der Waals surface area (Å²) < 4.78 is 4.93. The van der Waals surface area contributed by atoms with Gasteiger partial charge in [-0.3, -0.25) is 4.79 Å². The van der Waals surface area contributed by atoms with Crippen molar-refractivity contribution in [3.05, 3.63) is 35.4 Å². The van der Waals surface area contributed by atoms with E-state index in [2.05, 4.69) is 6.07 Å². The van der Waals surface area contributed by atoms with Crippen LogP contribution in [0.3, 0.4) is 0 Å². The zero-order valence-electron chi connectivity index (χ0n) is 12.0. The largest absolute Gasteiger partial charge is 0.383 e. The van der Waals surface area contributed by atoms with Crippen LogP contribution in [-0.2, 0) is 16.1 Å². The lowest BCUT2D eigenvalue weighted by Gasteiger charge is -2.25. The number of nitrogens with two attached hydrogens (primary N) is 1. The second kappa shape index (κ2) is 8.31. The van der Waals surface area contributed by atoms with Gasteiger partial charge in [-0.25, -0.2) is 0 Å². The molecule has 0 aromatic heterocycles. The molecule has 1 aromatic carbocycles. The first-order chi connectivity index (χ1) is 9.62. The van der Waals surface area contributed by atoms with Gasteiger partial charge in [0.15, 0.2) is 0 Å². The van der Waals surface area contributed by atoms with Gasteiger partial charge in [0.1, 0.15) is 6.04 Å². The highest BCUT2D eigenvalue weighted by molar-refractivity contribution is 5.81. The number of nitrogens with zero attached hydrogens (tertiary/aromatic N) is 2. The van der Waals surface area contributed by atoms with Crippen LogP contribution in [0.15, 0.2) is 24.3 Å². The van der Waals surface area contributed by atoms with Crippen molar-refractivity contribution in [2.45, 2.75) is 25.9 Å². The number of ether oxygens (including phenoxy) is 1. The molecule has 2 N–H and O–H groups in total. The summed E-state index contributed by atoms with van der Waals surface area (Å²) in [6, 6.07) is 8.65. The molecular weight excluding hydrogens is 254 g/mol. The van der Waals surface area contributed by atoms with Crippen molar-refractivity contribution in [1.82, 2.24) is 4.90 Å². The van der Waals surface area contributed by atoms with Gasteiger partial charge < -0.3 is 15.4 Å². The molecule has 5 nitrogen and oxygen atoms in total. The van der Waals surface area contributed by atoms with Gasteiger partial charge in [-0.2, -0.15) is 5.26 Å². The molecule has 1 aromatic rings. The number of benzene rings is 1. The standard InChI is InChI=1S/C15H21N3O2/c1-3-8-18(15(19)14(17)11-20-2)10-13-6-4-12(9-16)5-7-13/h4-7,14H,3,8,10-11,17H2,1-2H3. The molecule has 1 amide bonds. The highest BCUT2D eigenvalue weighted by atomic mass is 16.5. The Morgan fingerprint density at radius 2 is 2.10 bits per heavy atom. The zero-order valence-corrected chi connectivity index (χ0v) is 12.0. The first-order valence-electron chi connectivity index (χ1n) is 6.64. The maximum atomic E-state index is 12.2. The molecule has 20 heavy (non-hydrogen) atoms. The van der Waals surface area contributed by atoms with E-state index in [-0.39, 0.29) is 12.5 Å². The van der Waals surface area contributed by atoms with E-state index in [1.165, 1.54) is 7.11 Å². The van der Waals surface area contributed by atoms with Gasteiger partial charge in [0.2, 0.25) is 5.91 Å². The molecular formula is C15H21N3O2. The van der Waals surface area contributed by atoms with Crippen LogP contribution in [0.4, 0.5) is 0 Å². The number of carbonyl (C=O) groups is 1. The Kier molecular flexibility index (Phi) is 6.71. The van der Waals surface area contributed by atoms with Crippen molar-refractivity contribution >= 4 is 5.91 Å². The van der Waals surface area contributed by atoms with Crippen molar-refractivity contribution in [2.24, 2.45) is 5.73 Å². The summed E-state index contributed by atoms with van der Waals surface area (Å²) in [7, 11) is 1.53. The van der Waals surface area contributed by atoms with E-state index in [4.69, 9.17) is 15.7 Å². The van der Waals surface area contributed by atoms with Crippen molar-refractivity contribution in [3.8, 4) is 6.07 Å². The first kappa shape index (κ1) is 16.2. The average molecular weight is 275 g/mol. The summed E-state index contributed by atoms with van der Waals surface area (Å²) in [6.07, 6.45) is 0.863. The Morgan fingerprint density at radius 3 is 2.60 bits per heavy atom. The fraction of sp³-hybridized carbons (Fsp3) is 0.467. The summed E-state index contributed by atoms with van der Waals surface area (Å²) in [5.41, 5.74) is 7.39. The predicted octanol–water partition coefficient (Wildman–Crippen LogP) is 1.27. The molecule has 0 aliphatic carbocycles. The van der Waals surface area contributed by atoms with E-state index in [9.17, 15) is 4.79 Å². The maximum absolute atomic E-state index is 12.2. The number of nitriles is 1. The molecule has 0 saturated carbocycles. The average Bonchev–Trinajstić information content (AvgIpc) is 2.47. The van der Waals surface area contributed by atoms with Crippen molar-refractivity contribution in [1.29, 1.82) is 5.26 Å². The zero-order chi connectivity index (χ0) is 15.0. The van der Waals surface area contributed by atoms with Crippen LogP contribution in [-0.4, -0.2) is 37.1 Å². The third-order valence-corrected chi connectivity index (χ3v) is 2.93. The van der Waals surface area contributed by atoms with Gasteiger partial charge in [-0.1, -0.05) is 19.1 Å². The van der Waals surface area contributed by atoms with E-state index < -0.39 is 6.04 Å². The van der Waals surface area contributed by atoms with Crippen LogP contribution in [0, 0.1) is 11.3 Å². The molecule has 0 aliphatic heterocycles. The van der Waals surface area contributed by atoms with Gasteiger partial charge in [-0.15, -0.1) is 0 Å². The van der Waals surface area contributed by atoms with E-state index in [0.717, 1.165) is 12.0 Å². The molecule has 1 atom stereocenters. The van der Waals surface area contributed by atoms with E-state index in [0.29, 0.717) is 18.7 Å². The lowest BCUT2D eigenvalue weighted by atomic mass is 10.1. The third-order valence-electron chi connectivity index (χ3n) is 2.93. The van der Waals surface area contributed by atoms with Gasteiger partial charge in [-0.05, 0) is 24.1 Å². The summed E-state index contributed by atoms with van der Waals surface area (Å²) in [5.74, 6) is -0.113. The number of amides is 1. The smallest absolute Gasteiger partial charge is 0.242 e. The monoisotopic (exact) mass is 275 g/mol. The topological polar surface area (TPSA) is 79.4 Å². The molecule has 1 unspecified atom stereocenters. The number of carbonyl (C=O) groups excluding carboxylic acids is 1. The summed E-state index contributed by atoms with van der Waals surface area (Å²) >= 11 is 0. The number of methoxy groups -OCH3 is 1. The minimum absolute atomic E-state index is 0.113. The molecule has 5 heteroatoms. The minimum atomic E-state index is -0.634. The summed E-state index contributed by atoms with van der Waals surface area (Å²) in [4.78, 5) is 13.9. The quantitative estimate of drug-likeness (QED) is 0.812. The fourth-order valence-corrected chi connectivity index (χ4v) is 1.93. The summed E-state index contributed by atoms with van der Waals surface area (Å²) in [5, 5.41) is 8.77. The number of hydrogen-bond donors (Lipinski definition) is 1. The van der Waals surface area contributed by atoms with Crippen molar-refractivity contribution in [3.63, 3.8) is 0 Å². The van der Waals surface area contributed by atoms with E-state index in [1.54, 1.807) is 17.0 Å². The SMILES string of the molecule is CCCN(Cc1ccc(C#N)cc1)C(=O)C(N)COC. The van der Waals surface area contributed by atoms with Crippen LogP contribution >= 0.6 is 0 Å². The molecule has 0 fully saturated rings. The molecule has 0 bridgehead atoms. The second-order valence-electron chi connectivity index (χ2n) is 4.63. The Bertz CT molecular complexity index is 465. The van der Waals surface area contributed by atoms with Crippen LogP contribution in [0.2, 0.25) is 0 Å². The second-order valence-corrected chi connectivity index (χ2v) is 4.63. The van der Waals surface area contributed by atoms with Crippen LogP contribution in [0.25, 0.3) is 0 Å². The highest BCUT2D eigenvalue weighted by Crippen LogP contribution is 2.09. The van der Waals surface area contributed by atoms with Gasteiger partial charge in [0, 0.05) is 20.2 Å². The Morgan fingerprint density at radius 1 is 1.45 bits per heavy atom. The van der Waals surface area contributed by atoms with Crippen molar-refractivity contribution in [2.75, 3.05) is 20.3 Å². The van der Waals surface area contributed by atoms with E-state index in [1.807, 2.05) is 19.1 Å². The molecule has 0 aliphatic rings. The lowest BCUT2D eigenvalue weighted by Crippen LogP contribution is -2.46. The highest BCUT2D eigenvalue weighted by Gasteiger charge is 2.20. The van der Waals surface area contributed by atoms with Crippen LogP contribution in [0.5, 0.6) is 0 Å². The number of rotatable bonds is 7.